The van der Waals surface area contributed by atoms with Crippen molar-refractivity contribution in [1.82, 2.24) is 4.98 Å². The highest BCUT2D eigenvalue weighted by molar-refractivity contribution is 9.14. The molecule has 1 aliphatic carbocycles. The average Bonchev–Trinajstić information content (AvgIpc) is 2.59. The van der Waals surface area contributed by atoms with Crippen LogP contribution in [0.1, 0.15) is 12.8 Å². The van der Waals surface area contributed by atoms with Crippen molar-refractivity contribution in [2.24, 2.45) is 0 Å². The fourth-order valence-electron chi connectivity index (χ4n) is 2.06. The zero-order chi connectivity index (χ0) is 9.54. The van der Waals surface area contributed by atoms with E-state index in [0.29, 0.717) is 0 Å². The van der Waals surface area contributed by atoms with Crippen LogP contribution >= 0.6 is 15.9 Å². The summed E-state index contributed by atoms with van der Waals surface area (Å²) in [4.78, 5) is 3.45. The van der Waals surface area contributed by atoms with Crippen LogP contribution in [0.3, 0.4) is 0 Å². The molecule has 1 N–H and O–H groups in total. The van der Waals surface area contributed by atoms with Crippen molar-refractivity contribution in [2.75, 3.05) is 0 Å². The van der Waals surface area contributed by atoms with Gasteiger partial charge in [0.25, 0.3) is 0 Å². The zero-order valence-corrected chi connectivity index (χ0v) is 9.26. The summed E-state index contributed by atoms with van der Waals surface area (Å²) < 4.78 is 1.30. The van der Waals surface area contributed by atoms with E-state index >= 15 is 0 Å². The second-order valence-corrected chi connectivity index (χ2v) is 4.56. The fraction of sp³-hybridized carbons (Fsp3) is 0.167. The summed E-state index contributed by atoms with van der Waals surface area (Å²) in [6, 6.07) is 8.46. The monoisotopic (exact) mass is 247 g/mol. The Bertz CT molecular complexity index is 607. The summed E-state index contributed by atoms with van der Waals surface area (Å²) in [5, 5.41) is 3.95. The van der Waals surface area contributed by atoms with E-state index in [1.165, 1.54) is 26.0 Å². The molecule has 0 fully saturated rings. The Morgan fingerprint density at radius 3 is 3.00 bits per heavy atom. The number of fused-ring (bicyclic) bond motifs is 3. The van der Waals surface area contributed by atoms with E-state index in [9.17, 15) is 0 Å². The Kier molecular flexibility index (Phi) is 1.77. The third kappa shape index (κ3) is 1.07. The Morgan fingerprint density at radius 2 is 2.07 bits per heavy atom. The van der Waals surface area contributed by atoms with Gasteiger partial charge in [-0.3, -0.25) is 0 Å². The quantitative estimate of drug-likeness (QED) is 0.736. The third-order valence-electron chi connectivity index (χ3n) is 2.73. The molecular weight excluding hydrogens is 238 g/mol. The largest absolute Gasteiger partial charge is 0.354 e. The molecule has 0 saturated heterocycles. The van der Waals surface area contributed by atoms with Crippen LogP contribution < -0.4 is 10.6 Å². The first-order chi connectivity index (χ1) is 6.86. The molecule has 0 atom stereocenters. The number of H-pyrrole nitrogens is 1. The number of hydrogen-bond acceptors (Lipinski definition) is 0. The second kappa shape index (κ2) is 2.99. The maximum atomic E-state index is 3.63. The van der Waals surface area contributed by atoms with E-state index in [-0.39, 0.29) is 0 Å². The van der Waals surface area contributed by atoms with E-state index in [4.69, 9.17) is 0 Å². The molecule has 1 nitrogen and oxygen atoms in total. The molecule has 0 amide bonds. The van der Waals surface area contributed by atoms with Gasteiger partial charge in [0.2, 0.25) is 0 Å². The van der Waals surface area contributed by atoms with Crippen molar-refractivity contribution < 1.29 is 0 Å². The number of hydrogen-bond donors (Lipinski definition) is 1. The highest BCUT2D eigenvalue weighted by Gasteiger charge is 2.06. The molecule has 14 heavy (non-hydrogen) atoms. The second-order valence-electron chi connectivity index (χ2n) is 3.61. The van der Waals surface area contributed by atoms with Crippen molar-refractivity contribution in [3.8, 4) is 0 Å². The van der Waals surface area contributed by atoms with Gasteiger partial charge in [0.1, 0.15) is 0 Å². The van der Waals surface area contributed by atoms with Gasteiger partial charge in [0.05, 0.1) is 5.35 Å². The van der Waals surface area contributed by atoms with E-state index in [0.717, 1.165) is 12.8 Å². The predicted molar refractivity (Wildman–Crippen MR) is 63.6 cm³/mol. The summed E-state index contributed by atoms with van der Waals surface area (Å²) in [6.07, 6.45) is 4.56. The van der Waals surface area contributed by atoms with Crippen LogP contribution in [-0.2, 0) is 0 Å². The maximum Gasteiger partial charge on any atom is 0.0564 e. The topological polar surface area (TPSA) is 15.8 Å². The minimum atomic E-state index is 1.11. The summed E-state index contributed by atoms with van der Waals surface area (Å²) >= 11 is 3.63. The van der Waals surface area contributed by atoms with E-state index < -0.39 is 0 Å². The lowest BCUT2D eigenvalue weighted by atomic mass is 10.1. The van der Waals surface area contributed by atoms with Gasteiger partial charge >= 0.3 is 0 Å². The summed E-state index contributed by atoms with van der Waals surface area (Å²) in [5.41, 5.74) is 1.23. The minimum Gasteiger partial charge on any atom is -0.354 e. The van der Waals surface area contributed by atoms with Crippen molar-refractivity contribution in [3.05, 3.63) is 34.8 Å². The number of rotatable bonds is 0. The van der Waals surface area contributed by atoms with Crippen molar-refractivity contribution >= 4 is 37.4 Å². The molecule has 0 radical (unpaired) electrons. The summed E-state index contributed by atoms with van der Waals surface area (Å²) in [5.74, 6) is 0. The average molecular weight is 248 g/mol. The number of halogens is 1. The molecule has 70 valence electrons. The molecule has 2 aromatic rings. The smallest absolute Gasteiger partial charge is 0.0564 e. The Balaban J connectivity index is 2.63. The fourth-order valence-corrected chi connectivity index (χ4v) is 2.60. The molecule has 0 bridgehead atoms. The van der Waals surface area contributed by atoms with Gasteiger partial charge in [0.15, 0.2) is 0 Å². The number of aromatic amines is 1. The lowest BCUT2D eigenvalue weighted by Crippen LogP contribution is -2.26. The van der Waals surface area contributed by atoms with Crippen LogP contribution in [-0.4, -0.2) is 4.98 Å². The van der Waals surface area contributed by atoms with Crippen LogP contribution in [0, 0.1) is 0 Å². The van der Waals surface area contributed by atoms with Gasteiger partial charge in [-0.25, -0.2) is 0 Å². The lowest BCUT2D eigenvalue weighted by Gasteiger charge is -1.99. The third-order valence-corrected chi connectivity index (χ3v) is 3.52. The number of nitrogens with one attached hydrogen (secondary N) is 1. The lowest BCUT2D eigenvalue weighted by molar-refractivity contribution is 1.10. The maximum absolute atomic E-state index is 3.63. The first-order valence-corrected chi connectivity index (χ1v) is 5.61. The molecule has 1 aromatic heterocycles. The van der Waals surface area contributed by atoms with Crippen molar-refractivity contribution in [2.45, 2.75) is 12.8 Å². The Morgan fingerprint density at radius 1 is 1.21 bits per heavy atom. The number of para-hydroxylation sites is 1. The SMILES string of the molecule is BrC1=c2[nH]c3ccccc3c2=CCC1. The molecule has 3 rings (SSSR count). The van der Waals surface area contributed by atoms with E-state index in [2.05, 4.69) is 51.3 Å². The first-order valence-electron chi connectivity index (χ1n) is 4.82. The molecule has 2 heteroatoms. The number of aromatic nitrogens is 1. The van der Waals surface area contributed by atoms with Gasteiger partial charge in [-0.1, -0.05) is 40.2 Å². The van der Waals surface area contributed by atoms with Gasteiger partial charge in [-0.05, 0) is 18.9 Å². The molecule has 0 unspecified atom stereocenters. The molecule has 1 heterocycles. The normalized spacial score (nSPS) is 15.4. The van der Waals surface area contributed by atoms with Gasteiger partial charge in [0, 0.05) is 20.6 Å². The summed E-state index contributed by atoms with van der Waals surface area (Å²) in [6.45, 7) is 0. The van der Waals surface area contributed by atoms with Crippen LogP contribution in [0.5, 0.6) is 0 Å². The molecule has 0 aliphatic heterocycles. The Hall–Kier alpha value is -1.02. The molecule has 1 aromatic carbocycles. The van der Waals surface area contributed by atoms with Crippen molar-refractivity contribution in [1.29, 1.82) is 0 Å². The minimum absolute atomic E-state index is 1.11. The van der Waals surface area contributed by atoms with E-state index in [1.54, 1.807) is 0 Å². The Labute approximate surface area is 90.3 Å². The molecular formula is C12H10BrN. The molecule has 0 saturated carbocycles. The standard InChI is InChI=1S/C12H10BrN/c13-10-6-3-5-9-8-4-1-2-7-11(8)14-12(9)10/h1-2,4-5,7,14H,3,6H2. The first kappa shape index (κ1) is 8.30. The highest BCUT2D eigenvalue weighted by Crippen LogP contribution is 2.16. The molecule has 0 spiro atoms. The van der Waals surface area contributed by atoms with Crippen LogP contribution in [0.4, 0.5) is 0 Å². The van der Waals surface area contributed by atoms with Crippen molar-refractivity contribution in [3.63, 3.8) is 0 Å². The predicted octanol–water partition coefficient (Wildman–Crippen LogP) is 2.25. The van der Waals surface area contributed by atoms with Crippen LogP contribution in [0.15, 0.2) is 24.3 Å². The summed E-state index contributed by atoms with van der Waals surface area (Å²) in [7, 11) is 0. The van der Waals surface area contributed by atoms with Gasteiger partial charge in [-0.2, -0.15) is 0 Å². The zero-order valence-electron chi connectivity index (χ0n) is 7.68. The van der Waals surface area contributed by atoms with Gasteiger partial charge in [-0.15, -0.1) is 0 Å². The van der Waals surface area contributed by atoms with E-state index in [1.807, 2.05) is 0 Å². The number of benzene rings is 1. The highest BCUT2D eigenvalue weighted by atomic mass is 79.9. The van der Waals surface area contributed by atoms with Crippen LogP contribution in [0.2, 0.25) is 0 Å². The molecule has 1 aliphatic rings. The van der Waals surface area contributed by atoms with Gasteiger partial charge < -0.3 is 4.98 Å². The van der Waals surface area contributed by atoms with Crippen LogP contribution in [0.25, 0.3) is 21.5 Å².